The number of imidazole rings is 1. The molecule has 1 aliphatic rings. The summed E-state index contributed by atoms with van der Waals surface area (Å²) in [6, 6.07) is 15.0. The minimum atomic E-state index is -0.206. The number of hydrazine groups is 1. The van der Waals surface area contributed by atoms with E-state index in [9.17, 15) is 4.79 Å². The molecular formula is C22H22Cl2N4OS. The van der Waals surface area contributed by atoms with Gasteiger partial charge < -0.3 is 0 Å². The van der Waals surface area contributed by atoms with Crippen molar-refractivity contribution in [3.05, 3.63) is 64.3 Å². The highest BCUT2D eigenvalue weighted by Crippen LogP contribution is 2.35. The van der Waals surface area contributed by atoms with E-state index in [-0.39, 0.29) is 5.91 Å². The van der Waals surface area contributed by atoms with E-state index in [1.165, 1.54) is 18.2 Å². The normalized spacial score (nSPS) is 14.6. The van der Waals surface area contributed by atoms with Crippen LogP contribution in [0.3, 0.4) is 0 Å². The molecule has 0 unspecified atom stereocenters. The average molecular weight is 461 g/mol. The van der Waals surface area contributed by atoms with Gasteiger partial charge in [-0.3, -0.25) is 14.8 Å². The van der Waals surface area contributed by atoms with Crippen molar-refractivity contribution in [1.29, 1.82) is 0 Å². The van der Waals surface area contributed by atoms with E-state index in [4.69, 9.17) is 28.2 Å². The average Bonchev–Trinajstić information content (AvgIpc) is 3.15. The number of nitrogens with zero attached hydrogens (tertiary/aromatic N) is 3. The lowest BCUT2D eigenvalue weighted by Crippen LogP contribution is -2.45. The standard InChI is InChI=1S/C22H22Cl2N4OS/c1-30-22-19(21(29)26-27-13-5-2-6-14-27)25-20(17-7-3-4-8-18(17)24)28(22)16-11-9-15(23)10-12-16/h3-4,7-12H,2,5-6,13-14H2,1H3,(H,26,29). The molecule has 0 atom stereocenters. The molecule has 0 radical (unpaired) electrons. The smallest absolute Gasteiger partial charge is 0.286 e. The highest BCUT2D eigenvalue weighted by atomic mass is 35.5. The van der Waals surface area contributed by atoms with Gasteiger partial charge in [0.2, 0.25) is 0 Å². The fraction of sp³-hybridized carbons (Fsp3) is 0.273. The number of hydrogen-bond donors (Lipinski definition) is 1. The van der Waals surface area contributed by atoms with Crippen molar-refractivity contribution in [3.63, 3.8) is 0 Å². The summed E-state index contributed by atoms with van der Waals surface area (Å²) >= 11 is 14.1. The van der Waals surface area contributed by atoms with Crippen LogP contribution in [0.25, 0.3) is 17.1 Å². The molecule has 1 saturated heterocycles. The Hall–Kier alpha value is -1.99. The van der Waals surface area contributed by atoms with Crippen LogP contribution in [0.1, 0.15) is 29.8 Å². The molecular weight excluding hydrogens is 439 g/mol. The number of hydrogen-bond acceptors (Lipinski definition) is 4. The zero-order valence-corrected chi connectivity index (χ0v) is 18.9. The van der Waals surface area contributed by atoms with Crippen molar-refractivity contribution < 1.29 is 4.79 Å². The van der Waals surface area contributed by atoms with Gasteiger partial charge in [-0.15, -0.1) is 11.8 Å². The van der Waals surface area contributed by atoms with Crippen LogP contribution < -0.4 is 5.43 Å². The largest absolute Gasteiger partial charge is 0.287 e. The maximum absolute atomic E-state index is 13.2. The molecule has 156 valence electrons. The van der Waals surface area contributed by atoms with Crippen molar-refractivity contribution in [3.8, 4) is 17.1 Å². The van der Waals surface area contributed by atoms with Gasteiger partial charge in [-0.25, -0.2) is 9.99 Å². The highest BCUT2D eigenvalue weighted by Gasteiger charge is 2.26. The molecule has 0 aliphatic carbocycles. The van der Waals surface area contributed by atoms with E-state index >= 15 is 0 Å². The minimum Gasteiger partial charge on any atom is -0.286 e. The van der Waals surface area contributed by atoms with Gasteiger partial charge in [0.25, 0.3) is 5.91 Å². The van der Waals surface area contributed by atoms with E-state index in [0.29, 0.717) is 21.6 Å². The quantitative estimate of drug-likeness (QED) is 0.496. The van der Waals surface area contributed by atoms with Crippen molar-refractivity contribution in [1.82, 2.24) is 20.0 Å². The van der Waals surface area contributed by atoms with E-state index in [1.807, 2.05) is 64.4 Å². The molecule has 1 amide bonds. The Morgan fingerprint density at radius 1 is 1.03 bits per heavy atom. The lowest BCUT2D eigenvalue weighted by atomic mass is 10.2. The summed E-state index contributed by atoms with van der Waals surface area (Å²) in [6.07, 6.45) is 5.31. The van der Waals surface area contributed by atoms with Gasteiger partial charge in [0.15, 0.2) is 5.69 Å². The Morgan fingerprint density at radius 3 is 2.40 bits per heavy atom. The zero-order chi connectivity index (χ0) is 21.1. The zero-order valence-electron chi connectivity index (χ0n) is 16.6. The summed E-state index contributed by atoms with van der Waals surface area (Å²) in [7, 11) is 0. The second-order valence-corrected chi connectivity index (χ2v) is 8.71. The van der Waals surface area contributed by atoms with Crippen LogP contribution in [-0.4, -0.2) is 39.8 Å². The Balaban J connectivity index is 1.83. The lowest BCUT2D eigenvalue weighted by molar-refractivity contribution is 0.0741. The Kier molecular flexibility index (Phi) is 6.68. The molecule has 1 N–H and O–H groups in total. The van der Waals surface area contributed by atoms with E-state index in [0.717, 1.165) is 42.2 Å². The second-order valence-electron chi connectivity index (χ2n) is 7.07. The van der Waals surface area contributed by atoms with Crippen molar-refractivity contribution in [2.24, 2.45) is 0 Å². The molecule has 1 fully saturated rings. The molecule has 0 spiro atoms. The topological polar surface area (TPSA) is 50.2 Å². The van der Waals surface area contributed by atoms with Crippen LogP contribution in [0.15, 0.2) is 53.6 Å². The highest BCUT2D eigenvalue weighted by molar-refractivity contribution is 7.98. The number of nitrogens with one attached hydrogen (secondary N) is 1. The predicted molar refractivity (Wildman–Crippen MR) is 124 cm³/mol. The predicted octanol–water partition coefficient (Wildman–Crippen LogP) is 5.70. The van der Waals surface area contributed by atoms with Gasteiger partial charge in [0, 0.05) is 29.4 Å². The van der Waals surface area contributed by atoms with Crippen LogP contribution in [-0.2, 0) is 0 Å². The molecule has 5 nitrogen and oxygen atoms in total. The number of benzene rings is 2. The number of rotatable bonds is 5. The molecule has 1 aliphatic heterocycles. The second kappa shape index (κ2) is 9.43. The Morgan fingerprint density at radius 2 is 1.73 bits per heavy atom. The molecule has 8 heteroatoms. The first-order valence-corrected chi connectivity index (χ1v) is 11.8. The fourth-order valence-electron chi connectivity index (χ4n) is 3.60. The van der Waals surface area contributed by atoms with Crippen molar-refractivity contribution >= 4 is 40.9 Å². The third-order valence-electron chi connectivity index (χ3n) is 5.06. The van der Waals surface area contributed by atoms with Crippen LogP contribution in [0, 0.1) is 0 Å². The summed E-state index contributed by atoms with van der Waals surface area (Å²) in [6.45, 7) is 1.71. The summed E-state index contributed by atoms with van der Waals surface area (Å²) in [4.78, 5) is 17.9. The van der Waals surface area contributed by atoms with E-state index in [2.05, 4.69) is 5.43 Å². The maximum Gasteiger partial charge on any atom is 0.287 e. The first kappa shape index (κ1) is 21.2. The Labute approximate surface area is 190 Å². The minimum absolute atomic E-state index is 0.206. The number of carbonyl (C=O) groups is 1. The summed E-state index contributed by atoms with van der Waals surface area (Å²) in [5.41, 5.74) is 5.04. The molecule has 2 heterocycles. The van der Waals surface area contributed by atoms with Crippen LogP contribution in [0.2, 0.25) is 10.0 Å². The number of carbonyl (C=O) groups excluding carboxylic acids is 1. The number of piperidine rings is 1. The maximum atomic E-state index is 13.2. The SMILES string of the molecule is CSc1c(C(=O)NN2CCCCC2)nc(-c2ccccc2Cl)n1-c1ccc(Cl)cc1. The van der Waals surface area contributed by atoms with Gasteiger partial charge in [-0.1, -0.05) is 41.8 Å². The molecule has 0 bridgehead atoms. The lowest BCUT2D eigenvalue weighted by Gasteiger charge is -2.26. The van der Waals surface area contributed by atoms with Gasteiger partial charge in [-0.05, 0) is 55.5 Å². The van der Waals surface area contributed by atoms with Gasteiger partial charge in [0.1, 0.15) is 10.9 Å². The summed E-state index contributed by atoms with van der Waals surface area (Å²) < 4.78 is 1.97. The first-order valence-electron chi connectivity index (χ1n) is 9.82. The molecule has 2 aromatic carbocycles. The van der Waals surface area contributed by atoms with E-state index < -0.39 is 0 Å². The van der Waals surface area contributed by atoms with Gasteiger partial charge in [-0.2, -0.15) is 0 Å². The van der Waals surface area contributed by atoms with E-state index in [1.54, 1.807) is 0 Å². The van der Waals surface area contributed by atoms with Crippen molar-refractivity contribution in [2.45, 2.75) is 24.3 Å². The number of thioether (sulfide) groups is 1. The van der Waals surface area contributed by atoms with Gasteiger partial charge >= 0.3 is 0 Å². The first-order chi connectivity index (χ1) is 14.6. The number of aromatic nitrogens is 2. The van der Waals surface area contributed by atoms with Gasteiger partial charge in [0.05, 0.1) is 5.02 Å². The number of amides is 1. The Bertz CT molecular complexity index is 1050. The molecule has 4 rings (SSSR count). The van der Waals surface area contributed by atoms with Crippen LogP contribution in [0.5, 0.6) is 0 Å². The third kappa shape index (κ3) is 4.37. The molecule has 1 aromatic heterocycles. The fourth-order valence-corrected chi connectivity index (χ4v) is 4.65. The summed E-state index contributed by atoms with van der Waals surface area (Å²) in [5.74, 6) is 0.415. The van der Waals surface area contributed by atoms with Crippen LogP contribution in [0.4, 0.5) is 0 Å². The monoisotopic (exact) mass is 460 g/mol. The molecule has 0 saturated carbocycles. The molecule has 30 heavy (non-hydrogen) atoms. The number of halogens is 2. The third-order valence-corrected chi connectivity index (χ3v) is 6.40. The van der Waals surface area contributed by atoms with Crippen LogP contribution >= 0.6 is 35.0 Å². The van der Waals surface area contributed by atoms with Crippen molar-refractivity contribution in [2.75, 3.05) is 19.3 Å². The molecule has 3 aromatic rings. The summed E-state index contributed by atoms with van der Waals surface area (Å²) in [5, 5.41) is 3.95.